The SMILES string of the molecule is Nc1ncnc2c1c(-c1ccc(Oc3ccccc3)cc1)nn2C1CCC(N2CCN(CCOCCCC(=O)COc3cc4c5c(cccc5c3)C(=O)N(C3CCC(=O)NC3=O)C4=O)CC2)CC1. The van der Waals surface area contributed by atoms with Gasteiger partial charge in [0.15, 0.2) is 11.4 Å². The third-order valence-electron chi connectivity index (χ3n) is 13.6. The molecule has 0 bridgehead atoms. The van der Waals surface area contributed by atoms with Crippen molar-refractivity contribution < 1.29 is 38.2 Å². The zero-order valence-electron chi connectivity index (χ0n) is 37.7. The van der Waals surface area contributed by atoms with Crippen LogP contribution in [0.25, 0.3) is 33.1 Å². The molecule has 17 nitrogen and oxygen atoms in total. The maximum Gasteiger partial charge on any atom is 0.262 e. The molecule has 68 heavy (non-hydrogen) atoms. The standard InChI is InChI=1S/C51H53N9O8/c52-47-45-46(32-11-17-38(18-12-32)68-37-8-2-1-3-9-37)56-60(48(45)54-31-53-47)35-15-13-34(14-16-35)58-23-21-57(22-24-58)25-27-66-26-5-7-36(61)30-67-39-28-33-6-4-10-40-44(33)41(29-39)51(65)59(50(40)64)42-19-20-43(62)55-49(42)63/h1-4,6,8-12,17-18,28-29,31,34-35,42H,5,7,13-16,19-27,30H2,(H2,52,53,54)(H,55,62,63). The summed E-state index contributed by atoms with van der Waals surface area (Å²) in [5.41, 5.74) is 9.41. The number of nitrogens with zero attached hydrogens (tertiary/aromatic N) is 7. The van der Waals surface area contributed by atoms with E-state index in [2.05, 4.69) is 29.8 Å². The van der Waals surface area contributed by atoms with Crippen molar-refractivity contribution in [2.75, 3.05) is 58.3 Å². The van der Waals surface area contributed by atoms with Gasteiger partial charge in [0.1, 0.15) is 47.7 Å². The number of amides is 4. The molecule has 17 heteroatoms. The summed E-state index contributed by atoms with van der Waals surface area (Å²) in [5.74, 6) is -0.220. The molecule has 5 heterocycles. The van der Waals surface area contributed by atoms with Gasteiger partial charge >= 0.3 is 0 Å². The average molecular weight is 920 g/mol. The van der Waals surface area contributed by atoms with Crippen molar-refractivity contribution in [3.8, 4) is 28.5 Å². The summed E-state index contributed by atoms with van der Waals surface area (Å²) in [6.45, 7) is 5.67. The number of carbonyl (C=O) groups is 5. The van der Waals surface area contributed by atoms with Gasteiger partial charge in [0.05, 0.1) is 23.6 Å². The molecule has 1 saturated carbocycles. The van der Waals surface area contributed by atoms with Crippen molar-refractivity contribution in [1.82, 2.24) is 39.8 Å². The topological polar surface area (TPSA) is 204 Å². The number of hydrogen-bond donors (Lipinski definition) is 2. The second-order valence-corrected chi connectivity index (χ2v) is 17.9. The molecule has 0 spiro atoms. The molecule has 1 aliphatic carbocycles. The number of carbonyl (C=O) groups excluding carboxylic acids is 5. The first kappa shape index (κ1) is 44.7. The summed E-state index contributed by atoms with van der Waals surface area (Å²) >= 11 is 0. The number of imide groups is 2. The first-order valence-corrected chi connectivity index (χ1v) is 23.5. The van der Waals surface area contributed by atoms with Gasteiger partial charge in [-0.1, -0.05) is 30.3 Å². The Balaban J connectivity index is 0.644. The fourth-order valence-electron chi connectivity index (χ4n) is 10.1. The van der Waals surface area contributed by atoms with E-state index in [0.29, 0.717) is 48.0 Å². The van der Waals surface area contributed by atoms with E-state index in [0.717, 1.165) is 97.1 Å². The van der Waals surface area contributed by atoms with Gasteiger partial charge in [0.25, 0.3) is 11.8 Å². The number of piperidine rings is 1. The maximum absolute atomic E-state index is 13.7. The fourth-order valence-corrected chi connectivity index (χ4v) is 10.1. The monoisotopic (exact) mass is 919 g/mol. The molecule has 10 rings (SSSR count). The number of rotatable bonds is 16. The van der Waals surface area contributed by atoms with Gasteiger partial charge < -0.3 is 19.9 Å². The number of piperazine rings is 1. The van der Waals surface area contributed by atoms with Crippen LogP contribution < -0.4 is 20.5 Å². The van der Waals surface area contributed by atoms with E-state index in [1.165, 1.54) is 12.4 Å². The van der Waals surface area contributed by atoms with Crippen LogP contribution in [-0.2, 0) is 19.1 Å². The van der Waals surface area contributed by atoms with Gasteiger partial charge in [-0.2, -0.15) is 5.10 Å². The number of hydrogen-bond acceptors (Lipinski definition) is 14. The molecule has 350 valence electrons. The number of para-hydroxylation sites is 1. The van der Waals surface area contributed by atoms with Crippen LogP contribution in [0.5, 0.6) is 17.2 Å². The Hall–Kier alpha value is -7.08. The molecule has 3 N–H and O–H groups in total. The van der Waals surface area contributed by atoms with Crippen LogP contribution in [0.2, 0.25) is 0 Å². The molecule has 1 unspecified atom stereocenters. The minimum Gasteiger partial charge on any atom is -0.486 e. The lowest BCUT2D eigenvalue weighted by molar-refractivity contribution is -0.136. The Morgan fingerprint density at radius 3 is 2.28 bits per heavy atom. The molecule has 3 aliphatic heterocycles. The predicted octanol–water partition coefficient (Wildman–Crippen LogP) is 5.97. The highest BCUT2D eigenvalue weighted by molar-refractivity contribution is 6.27. The van der Waals surface area contributed by atoms with Crippen LogP contribution >= 0.6 is 0 Å². The third-order valence-corrected chi connectivity index (χ3v) is 13.6. The van der Waals surface area contributed by atoms with E-state index in [4.69, 9.17) is 25.0 Å². The molecule has 0 radical (unpaired) electrons. The van der Waals surface area contributed by atoms with Crippen LogP contribution in [0.3, 0.4) is 0 Å². The van der Waals surface area contributed by atoms with Gasteiger partial charge in [0, 0.05) is 74.7 Å². The van der Waals surface area contributed by atoms with Crippen LogP contribution in [-0.4, -0.2) is 128 Å². The summed E-state index contributed by atoms with van der Waals surface area (Å²) in [4.78, 5) is 79.3. The van der Waals surface area contributed by atoms with Crippen molar-refractivity contribution in [2.45, 2.75) is 69.5 Å². The Kier molecular flexibility index (Phi) is 12.9. The van der Waals surface area contributed by atoms with E-state index >= 15 is 0 Å². The van der Waals surface area contributed by atoms with E-state index in [9.17, 15) is 24.0 Å². The van der Waals surface area contributed by atoms with Gasteiger partial charge in [-0.25, -0.2) is 14.6 Å². The van der Waals surface area contributed by atoms with Gasteiger partial charge in [-0.05, 0) is 98.5 Å². The van der Waals surface area contributed by atoms with Crippen molar-refractivity contribution in [3.63, 3.8) is 0 Å². The molecule has 6 aromatic rings. The zero-order valence-corrected chi connectivity index (χ0v) is 37.7. The van der Waals surface area contributed by atoms with Gasteiger partial charge in [-0.3, -0.25) is 44.0 Å². The largest absolute Gasteiger partial charge is 0.486 e. The lowest BCUT2D eigenvalue weighted by Gasteiger charge is -2.42. The lowest BCUT2D eigenvalue weighted by atomic mass is 9.90. The molecular formula is C51H53N9O8. The normalized spacial score (nSPS) is 20.2. The zero-order chi connectivity index (χ0) is 46.7. The summed E-state index contributed by atoms with van der Waals surface area (Å²) < 4.78 is 19.9. The van der Waals surface area contributed by atoms with Crippen LogP contribution in [0, 0.1) is 0 Å². The number of nitrogen functional groups attached to an aromatic ring is 1. The molecular weight excluding hydrogens is 867 g/mol. The summed E-state index contributed by atoms with van der Waals surface area (Å²) in [5, 5.41) is 9.20. The second-order valence-electron chi connectivity index (χ2n) is 17.9. The van der Waals surface area contributed by atoms with Crippen LogP contribution in [0.1, 0.15) is 78.1 Å². The lowest BCUT2D eigenvalue weighted by Crippen LogP contribution is -2.57. The minimum absolute atomic E-state index is 0.0234. The number of nitrogens with two attached hydrogens (primary N) is 1. The van der Waals surface area contributed by atoms with Crippen molar-refractivity contribution in [1.29, 1.82) is 0 Å². The van der Waals surface area contributed by atoms with Gasteiger partial charge in [-0.15, -0.1) is 0 Å². The van der Waals surface area contributed by atoms with E-state index in [1.54, 1.807) is 24.3 Å². The quantitative estimate of drug-likeness (QED) is 0.0849. The average Bonchev–Trinajstić information content (AvgIpc) is 3.76. The Morgan fingerprint density at radius 2 is 1.50 bits per heavy atom. The Morgan fingerprint density at radius 1 is 0.750 bits per heavy atom. The summed E-state index contributed by atoms with van der Waals surface area (Å²) in [7, 11) is 0. The van der Waals surface area contributed by atoms with Crippen LogP contribution in [0.15, 0.2) is 91.3 Å². The predicted molar refractivity (Wildman–Crippen MR) is 252 cm³/mol. The maximum atomic E-state index is 13.7. The molecule has 4 aromatic carbocycles. The first-order chi connectivity index (χ1) is 33.2. The summed E-state index contributed by atoms with van der Waals surface area (Å²) in [6, 6.07) is 25.5. The third kappa shape index (κ3) is 9.28. The highest BCUT2D eigenvalue weighted by Gasteiger charge is 2.43. The Labute approximate surface area is 392 Å². The minimum atomic E-state index is -1.10. The molecule has 2 saturated heterocycles. The fraction of sp³-hybridized carbons (Fsp3) is 0.373. The number of aromatic nitrogens is 4. The van der Waals surface area contributed by atoms with E-state index < -0.39 is 29.7 Å². The number of Topliss-reactive ketones (excluding diaryl/α,β-unsaturated/α-hetero) is 1. The highest BCUT2D eigenvalue weighted by atomic mass is 16.5. The molecule has 4 aliphatic rings. The summed E-state index contributed by atoms with van der Waals surface area (Å²) in [6.07, 6.45) is 6.59. The smallest absolute Gasteiger partial charge is 0.262 e. The number of benzene rings is 4. The van der Waals surface area contributed by atoms with E-state index in [1.807, 2.05) is 54.6 Å². The second kappa shape index (κ2) is 19.6. The number of nitrogens with one attached hydrogen (secondary N) is 1. The number of fused-ring (bicyclic) bond motifs is 1. The van der Waals surface area contributed by atoms with Gasteiger partial charge in [0.2, 0.25) is 11.8 Å². The van der Waals surface area contributed by atoms with E-state index in [-0.39, 0.29) is 48.8 Å². The molecule has 2 aromatic heterocycles. The van der Waals surface area contributed by atoms with Crippen LogP contribution in [0.4, 0.5) is 5.82 Å². The van der Waals surface area contributed by atoms with Crippen molar-refractivity contribution in [3.05, 3.63) is 102 Å². The molecule has 1 atom stereocenters. The number of ether oxygens (including phenoxy) is 3. The van der Waals surface area contributed by atoms with Crippen molar-refractivity contribution in [2.24, 2.45) is 0 Å². The molecule has 4 amide bonds. The van der Waals surface area contributed by atoms with Crippen molar-refractivity contribution >= 4 is 57.0 Å². The molecule has 3 fully saturated rings. The number of anilines is 1. The Bertz CT molecular complexity index is 2870. The number of ketones is 1. The first-order valence-electron chi connectivity index (χ1n) is 23.5. The highest BCUT2D eigenvalue weighted by Crippen LogP contribution is 2.39.